The van der Waals surface area contributed by atoms with Crippen LogP contribution in [0.3, 0.4) is 0 Å². The molecule has 0 unspecified atom stereocenters. The Kier molecular flexibility index (Phi) is 7.86. The van der Waals surface area contributed by atoms with Crippen molar-refractivity contribution in [1.29, 1.82) is 0 Å². The van der Waals surface area contributed by atoms with Gasteiger partial charge in [0.15, 0.2) is 0 Å². The van der Waals surface area contributed by atoms with Crippen LogP contribution in [-0.4, -0.2) is 31.7 Å². The summed E-state index contributed by atoms with van der Waals surface area (Å²) in [7, 11) is 1.33. The van der Waals surface area contributed by atoms with Crippen molar-refractivity contribution in [2.45, 2.75) is 32.2 Å². The minimum atomic E-state index is -0.651. The molecule has 2 amide bonds. The van der Waals surface area contributed by atoms with E-state index in [1.54, 1.807) is 0 Å². The molecule has 0 aliphatic rings. The van der Waals surface area contributed by atoms with Gasteiger partial charge in [-0.1, -0.05) is 74.5 Å². The van der Waals surface area contributed by atoms with Crippen LogP contribution in [-0.2, 0) is 9.53 Å². The number of urea groups is 1. The predicted molar refractivity (Wildman–Crippen MR) is 107 cm³/mol. The summed E-state index contributed by atoms with van der Waals surface area (Å²) in [5.41, 5.74) is 2.24. The van der Waals surface area contributed by atoms with Gasteiger partial charge in [-0.05, 0) is 23.5 Å². The molecule has 0 heterocycles. The molecule has 5 nitrogen and oxygen atoms in total. The third-order valence-corrected chi connectivity index (χ3v) is 4.37. The summed E-state index contributed by atoms with van der Waals surface area (Å²) in [6.45, 7) is 4.42. The Labute approximate surface area is 161 Å². The molecule has 0 aliphatic carbocycles. The second-order valence-corrected chi connectivity index (χ2v) is 6.93. The number of amides is 2. The summed E-state index contributed by atoms with van der Waals surface area (Å²) in [5, 5.41) is 5.64. The highest BCUT2D eigenvalue weighted by molar-refractivity contribution is 5.83. The highest BCUT2D eigenvalue weighted by atomic mass is 16.5. The van der Waals surface area contributed by atoms with E-state index in [0.717, 1.165) is 11.1 Å². The molecule has 5 heteroatoms. The van der Waals surface area contributed by atoms with Crippen LogP contribution in [0, 0.1) is 5.92 Å². The van der Waals surface area contributed by atoms with Crippen molar-refractivity contribution in [3.05, 3.63) is 71.8 Å². The van der Waals surface area contributed by atoms with Gasteiger partial charge in [0.2, 0.25) is 0 Å². The van der Waals surface area contributed by atoms with E-state index in [1.165, 1.54) is 7.11 Å². The number of hydrogen-bond donors (Lipinski definition) is 2. The third kappa shape index (κ3) is 6.44. The van der Waals surface area contributed by atoms with Crippen molar-refractivity contribution < 1.29 is 14.3 Å². The number of methoxy groups -OCH3 is 1. The maximum atomic E-state index is 12.4. The molecule has 0 radical (unpaired) electrons. The van der Waals surface area contributed by atoms with Crippen molar-refractivity contribution >= 4 is 12.0 Å². The van der Waals surface area contributed by atoms with Gasteiger partial charge < -0.3 is 15.4 Å². The van der Waals surface area contributed by atoms with Gasteiger partial charge in [0.25, 0.3) is 0 Å². The number of hydrogen-bond acceptors (Lipinski definition) is 3. The topological polar surface area (TPSA) is 67.4 Å². The Morgan fingerprint density at radius 3 is 1.89 bits per heavy atom. The van der Waals surface area contributed by atoms with Gasteiger partial charge in [0, 0.05) is 12.5 Å². The molecule has 2 aromatic rings. The summed E-state index contributed by atoms with van der Waals surface area (Å²) in [6, 6.07) is 19.1. The lowest BCUT2D eigenvalue weighted by molar-refractivity contribution is -0.143. The van der Waals surface area contributed by atoms with Crippen LogP contribution in [0.5, 0.6) is 0 Å². The van der Waals surface area contributed by atoms with Gasteiger partial charge in [0.05, 0.1) is 7.11 Å². The first kappa shape index (κ1) is 20.5. The van der Waals surface area contributed by atoms with Crippen LogP contribution in [0.2, 0.25) is 0 Å². The lowest BCUT2D eigenvalue weighted by Gasteiger charge is -2.21. The molecule has 0 bridgehead atoms. The fraction of sp³-hybridized carbons (Fsp3) is 0.364. The number of carbonyl (C=O) groups is 2. The van der Waals surface area contributed by atoms with Crippen LogP contribution in [0.1, 0.15) is 37.3 Å². The van der Waals surface area contributed by atoms with E-state index in [0.29, 0.717) is 13.0 Å². The molecule has 144 valence electrons. The lowest BCUT2D eigenvalue weighted by Crippen LogP contribution is -2.47. The van der Waals surface area contributed by atoms with Crippen LogP contribution in [0.25, 0.3) is 0 Å². The van der Waals surface area contributed by atoms with Crippen LogP contribution in [0.15, 0.2) is 60.7 Å². The average molecular weight is 368 g/mol. The fourth-order valence-corrected chi connectivity index (χ4v) is 3.03. The summed E-state index contributed by atoms with van der Waals surface area (Å²) in [5.74, 6) is -0.142. The number of rotatable bonds is 8. The Bertz CT molecular complexity index is 677. The van der Waals surface area contributed by atoms with E-state index in [9.17, 15) is 9.59 Å². The molecule has 1 atom stereocenters. The van der Waals surface area contributed by atoms with Crippen LogP contribution < -0.4 is 10.6 Å². The summed E-state index contributed by atoms with van der Waals surface area (Å²) < 4.78 is 4.80. The number of carbonyl (C=O) groups excluding carboxylic acids is 2. The van der Waals surface area contributed by atoms with Gasteiger partial charge in [-0.25, -0.2) is 9.59 Å². The van der Waals surface area contributed by atoms with Gasteiger partial charge in [-0.15, -0.1) is 0 Å². The molecule has 2 N–H and O–H groups in total. The monoisotopic (exact) mass is 368 g/mol. The maximum absolute atomic E-state index is 12.4. The minimum absolute atomic E-state index is 0.0276. The zero-order valence-corrected chi connectivity index (χ0v) is 16.1. The Morgan fingerprint density at radius 1 is 0.926 bits per heavy atom. The van der Waals surface area contributed by atoms with E-state index >= 15 is 0 Å². The largest absolute Gasteiger partial charge is 0.467 e. The second-order valence-electron chi connectivity index (χ2n) is 6.93. The molecular formula is C22H28N2O3. The first-order valence-electron chi connectivity index (χ1n) is 9.23. The molecular weight excluding hydrogens is 340 g/mol. The number of ether oxygens (including phenoxy) is 1. The van der Waals surface area contributed by atoms with Crippen molar-refractivity contribution in [1.82, 2.24) is 10.6 Å². The van der Waals surface area contributed by atoms with Gasteiger partial charge in [0.1, 0.15) is 6.04 Å². The quantitative estimate of drug-likeness (QED) is 0.698. The molecule has 27 heavy (non-hydrogen) atoms. The molecule has 0 aromatic heterocycles. The first-order valence-corrected chi connectivity index (χ1v) is 9.23. The summed E-state index contributed by atoms with van der Waals surface area (Å²) in [4.78, 5) is 24.3. The molecule has 2 rings (SSSR count). The predicted octanol–water partition coefficient (Wildman–Crippen LogP) is 3.71. The van der Waals surface area contributed by atoms with E-state index in [-0.39, 0.29) is 17.9 Å². The molecule has 2 aromatic carbocycles. The van der Waals surface area contributed by atoms with Gasteiger partial charge >= 0.3 is 12.0 Å². The van der Waals surface area contributed by atoms with E-state index in [1.807, 2.05) is 74.5 Å². The van der Waals surface area contributed by atoms with Gasteiger partial charge in [-0.3, -0.25) is 0 Å². The average Bonchev–Trinajstić information content (AvgIpc) is 2.68. The molecule has 0 saturated heterocycles. The van der Waals surface area contributed by atoms with Crippen molar-refractivity contribution in [3.63, 3.8) is 0 Å². The van der Waals surface area contributed by atoms with Gasteiger partial charge in [-0.2, -0.15) is 0 Å². The highest BCUT2D eigenvalue weighted by Gasteiger charge is 2.23. The molecule has 0 aliphatic heterocycles. The van der Waals surface area contributed by atoms with Crippen molar-refractivity contribution in [2.75, 3.05) is 13.7 Å². The number of nitrogens with one attached hydrogen (secondary N) is 2. The zero-order valence-electron chi connectivity index (χ0n) is 16.1. The Morgan fingerprint density at radius 2 is 1.44 bits per heavy atom. The van der Waals surface area contributed by atoms with E-state index < -0.39 is 12.0 Å². The normalized spacial score (nSPS) is 11.9. The molecule has 0 spiro atoms. The van der Waals surface area contributed by atoms with Crippen LogP contribution in [0.4, 0.5) is 4.79 Å². The zero-order chi connectivity index (χ0) is 19.6. The number of benzene rings is 2. The second kappa shape index (κ2) is 10.4. The van der Waals surface area contributed by atoms with Crippen molar-refractivity contribution in [3.8, 4) is 0 Å². The molecule has 0 fully saturated rings. The Hall–Kier alpha value is -2.82. The third-order valence-electron chi connectivity index (χ3n) is 4.37. The lowest BCUT2D eigenvalue weighted by atomic mass is 9.91. The van der Waals surface area contributed by atoms with Crippen molar-refractivity contribution in [2.24, 2.45) is 5.92 Å². The fourth-order valence-electron chi connectivity index (χ4n) is 3.03. The summed E-state index contributed by atoms with van der Waals surface area (Å²) in [6.07, 6.45) is 0.529. The molecule has 0 saturated carbocycles. The SMILES string of the molecule is COC(=O)[C@H](CC(C)C)NC(=O)NCC(c1ccccc1)c1ccccc1. The standard InChI is InChI=1S/C22H28N2O3/c1-16(2)14-20(21(25)27-3)24-22(26)23-15-19(17-10-6-4-7-11-17)18-12-8-5-9-13-18/h4-13,16,19-20H,14-15H2,1-3H3,(H2,23,24,26)/t20-/m0/s1. The smallest absolute Gasteiger partial charge is 0.328 e. The van der Waals surface area contributed by atoms with Crippen LogP contribution >= 0.6 is 0 Å². The Balaban J connectivity index is 2.05. The highest BCUT2D eigenvalue weighted by Crippen LogP contribution is 2.23. The minimum Gasteiger partial charge on any atom is -0.467 e. The maximum Gasteiger partial charge on any atom is 0.328 e. The first-order chi connectivity index (χ1) is 13.0. The number of esters is 1. The summed E-state index contributed by atoms with van der Waals surface area (Å²) >= 11 is 0. The van der Waals surface area contributed by atoms with E-state index in [2.05, 4.69) is 10.6 Å². The van der Waals surface area contributed by atoms with E-state index in [4.69, 9.17) is 4.74 Å².